The first kappa shape index (κ1) is 15.4. The van der Waals surface area contributed by atoms with Gasteiger partial charge in [0.15, 0.2) is 0 Å². The molecule has 0 amide bonds. The fraction of sp³-hybridized carbons (Fsp3) is 0.684. The summed E-state index contributed by atoms with van der Waals surface area (Å²) in [6, 6.07) is 9.71. The topological polar surface area (TPSA) is 12.0 Å². The number of hydrogen-bond donors (Lipinski definition) is 1. The summed E-state index contributed by atoms with van der Waals surface area (Å²) in [7, 11) is 0. The van der Waals surface area contributed by atoms with Crippen LogP contribution in [0, 0.1) is 11.3 Å². The largest absolute Gasteiger partial charge is 0.382 e. The molecule has 1 fully saturated rings. The third-order valence-electron chi connectivity index (χ3n) is 4.82. The van der Waals surface area contributed by atoms with Crippen LogP contribution in [0.5, 0.6) is 0 Å². The molecule has 0 radical (unpaired) electrons. The van der Waals surface area contributed by atoms with Crippen molar-refractivity contribution in [2.24, 2.45) is 11.3 Å². The lowest BCUT2D eigenvalue weighted by Gasteiger charge is -2.37. The Morgan fingerprint density at radius 2 is 1.60 bits per heavy atom. The summed E-state index contributed by atoms with van der Waals surface area (Å²) < 4.78 is 0. The van der Waals surface area contributed by atoms with Crippen molar-refractivity contribution >= 4 is 5.69 Å². The molecular formula is C19H31N. The van der Waals surface area contributed by atoms with Crippen molar-refractivity contribution in [1.82, 2.24) is 0 Å². The molecule has 1 aromatic carbocycles. The molecule has 0 atom stereocenters. The summed E-state index contributed by atoms with van der Waals surface area (Å²) in [4.78, 5) is 0. The van der Waals surface area contributed by atoms with Crippen LogP contribution in [0.25, 0.3) is 0 Å². The molecule has 2 rings (SSSR count). The van der Waals surface area contributed by atoms with Gasteiger partial charge >= 0.3 is 0 Å². The lowest BCUT2D eigenvalue weighted by molar-refractivity contribution is 0.173. The molecule has 20 heavy (non-hydrogen) atoms. The van der Waals surface area contributed by atoms with Gasteiger partial charge in [-0.05, 0) is 61.1 Å². The molecular weight excluding hydrogens is 242 g/mol. The molecule has 0 aromatic heterocycles. The van der Waals surface area contributed by atoms with Gasteiger partial charge in [-0.1, -0.05) is 46.2 Å². The average molecular weight is 273 g/mol. The molecule has 112 valence electrons. The zero-order valence-corrected chi connectivity index (χ0v) is 13.7. The summed E-state index contributed by atoms with van der Waals surface area (Å²) in [5, 5.41) is 3.72. The van der Waals surface area contributed by atoms with E-state index in [0.29, 0.717) is 11.5 Å². The number of hydrogen-bond acceptors (Lipinski definition) is 1. The maximum atomic E-state index is 3.72. The van der Waals surface area contributed by atoms with Gasteiger partial charge < -0.3 is 5.32 Å². The zero-order chi connectivity index (χ0) is 14.6. The second-order valence-electron chi connectivity index (χ2n) is 7.51. The van der Waals surface area contributed by atoms with Crippen LogP contribution in [0.2, 0.25) is 0 Å². The van der Waals surface area contributed by atoms with Crippen LogP contribution < -0.4 is 5.32 Å². The predicted molar refractivity (Wildman–Crippen MR) is 89.3 cm³/mol. The van der Waals surface area contributed by atoms with Crippen LogP contribution in [0.4, 0.5) is 5.69 Å². The van der Waals surface area contributed by atoms with Gasteiger partial charge in [0.2, 0.25) is 0 Å². The molecule has 0 unspecified atom stereocenters. The summed E-state index contributed by atoms with van der Waals surface area (Å²) >= 11 is 0. The number of anilines is 1. The van der Waals surface area contributed by atoms with Crippen molar-refractivity contribution in [1.29, 1.82) is 0 Å². The standard InChI is InChI=1S/C19H31N/c1-5-6-15-7-11-17(12-8-15)20-18-13-9-16(10-14-18)19(2,3)4/h7-8,11-12,16,18,20H,5-6,9-10,13-14H2,1-4H3. The number of rotatable bonds is 4. The Hall–Kier alpha value is -0.980. The van der Waals surface area contributed by atoms with E-state index in [1.165, 1.54) is 49.8 Å². The Balaban J connectivity index is 1.83. The van der Waals surface area contributed by atoms with Gasteiger partial charge in [0.05, 0.1) is 0 Å². The molecule has 1 aromatic rings. The third-order valence-corrected chi connectivity index (χ3v) is 4.82. The number of nitrogens with one attached hydrogen (secondary N) is 1. The highest BCUT2D eigenvalue weighted by Crippen LogP contribution is 2.38. The SMILES string of the molecule is CCCc1ccc(NC2CCC(C(C)(C)C)CC2)cc1. The number of benzene rings is 1. The minimum absolute atomic E-state index is 0.479. The Morgan fingerprint density at radius 1 is 1.00 bits per heavy atom. The van der Waals surface area contributed by atoms with Gasteiger partial charge in [0, 0.05) is 11.7 Å². The summed E-state index contributed by atoms with van der Waals surface area (Å²) in [6.07, 6.45) is 7.79. The maximum Gasteiger partial charge on any atom is 0.0342 e. The fourth-order valence-corrected chi connectivity index (χ4v) is 3.40. The van der Waals surface area contributed by atoms with E-state index < -0.39 is 0 Å². The van der Waals surface area contributed by atoms with E-state index in [9.17, 15) is 0 Å². The van der Waals surface area contributed by atoms with E-state index in [-0.39, 0.29) is 0 Å². The highest BCUT2D eigenvalue weighted by atomic mass is 14.9. The Morgan fingerprint density at radius 3 is 2.10 bits per heavy atom. The third kappa shape index (κ3) is 4.26. The first-order chi connectivity index (χ1) is 9.49. The minimum atomic E-state index is 0.479. The Bertz CT molecular complexity index is 391. The summed E-state index contributed by atoms with van der Waals surface area (Å²) in [6.45, 7) is 9.40. The van der Waals surface area contributed by atoms with Crippen molar-refractivity contribution in [3.8, 4) is 0 Å². The lowest BCUT2D eigenvalue weighted by atomic mass is 9.71. The maximum absolute atomic E-state index is 3.72. The van der Waals surface area contributed by atoms with E-state index in [1.807, 2.05) is 0 Å². The van der Waals surface area contributed by atoms with Crippen LogP contribution in [-0.4, -0.2) is 6.04 Å². The summed E-state index contributed by atoms with van der Waals surface area (Å²) in [5.41, 5.74) is 3.23. The van der Waals surface area contributed by atoms with Crippen molar-refractivity contribution in [2.45, 2.75) is 72.3 Å². The molecule has 0 aliphatic heterocycles. The van der Waals surface area contributed by atoms with Gasteiger partial charge in [-0.25, -0.2) is 0 Å². The fourth-order valence-electron chi connectivity index (χ4n) is 3.40. The Kier molecular flexibility index (Phi) is 5.12. The van der Waals surface area contributed by atoms with Crippen molar-refractivity contribution < 1.29 is 0 Å². The predicted octanol–water partition coefficient (Wildman–Crippen LogP) is 5.66. The smallest absolute Gasteiger partial charge is 0.0342 e. The van der Waals surface area contributed by atoms with Crippen LogP contribution in [-0.2, 0) is 6.42 Å². The molecule has 0 bridgehead atoms. The second-order valence-corrected chi connectivity index (χ2v) is 7.51. The van der Waals surface area contributed by atoms with Gasteiger partial charge in [0.25, 0.3) is 0 Å². The van der Waals surface area contributed by atoms with Gasteiger partial charge in [-0.3, -0.25) is 0 Å². The molecule has 1 aliphatic rings. The first-order valence-corrected chi connectivity index (χ1v) is 8.34. The Labute approximate surface area is 125 Å². The van der Waals surface area contributed by atoms with Crippen molar-refractivity contribution in [3.63, 3.8) is 0 Å². The van der Waals surface area contributed by atoms with Crippen LogP contribution in [0.1, 0.15) is 65.4 Å². The molecule has 1 heteroatoms. The molecule has 1 saturated carbocycles. The molecule has 1 N–H and O–H groups in total. The molecule has 0 saturated heterocycles. The molecule has 1 aliphatic carbocycles. The zero-order valence-electron chi connectivity index (χ0n) is 13.7. The van der Waals surface area contributed by atoms with Crippen molar-refractivity contribution in [2.75, 3.05) is 5.32 Å². The minimum Gasteiger partial charge on any atom is -0.382 e. The van der Waals surface area contributed by atoms with E-state index in [2.05, 4.69) is 57.3 Å². The number of aryl methyl sites for hydroxylation is 1. The quantitative estimate of drug-likeness (QED) is 0.746. The van der Waals surface area contributed by atoms with Crippen LogP contribution in [0.3, 0.4) is 0 Å². The average Bonchev–Trinajstić information content (AvgIpc) is 2.41. The van der Waals surface area contributed by atoms with E-state index in [1.54, 1.807) is 0 Å². The van der Waals surface area contributed by atoms with Crippen molar-refractivity contribution in [3.05, 3.63) is 29.8 Å². The molecule has 0 spiro atoms. The van der Waals surface area contributed by atoms with Gasteiger partial charge in [-0.15, -0.1) is 0 Å². The molecule has 0 heterocycles. The normalized spacial score (nSPS) is 23.6. The second kappa shape index (κ2) is 6.65. The monoisotopic (exact) mass is 273 g/mol. The highest BCUT2D eigenvalue weighted by Gasteiger charge is 2.29. The highest BCUT2D eigenvalue weighted by molar-refractivity contribution is 5.45. The summed E-state index contributed by atoms with van der Waals surface area (Å²) in [5.74, 6) is 0.896. The molecule has 1 nitrogen and oxygen atoms in total. The van der Waals surface area contributed by atoms with E-state index in [4.69, 9.17) is 0 Å². The van der Waals surface area contributed by atoms with Crippen LogP contribution >= 0.6 is 0 Å². The van der Waals surface area contributed by atoms with E-state index >= 15 is 0 Å². The van der Waals surface area contributed by atoms with E-state index in [0.717, 1.165) is 5.92 Å². The van der Waals surface area contributed by atoms with Crippen LogP contribution in [0.15, 0.2) is 24.3 Å². The lowest BCUT2D eigenvalue weighted by Crippen LogP contribution is -2.31. The first-order valence-electron chi connectivity index (χ1n) is 8.34. The van der Waals surface area contributed by atoms with Gasteiger partial charge in [0.1, 0.15) is 0 Å². The van der Waals surface area contributed by atoms with Gasteiger partial charge in [-0.2, -0.15) is 0 Å².